The van der Waals surface area contributed by atoms with Gasteiger partial charge in [0.15, 0.2) is 0 Å². The highest BCUT2D eigenvalue weighted by molar-refractivity contribution is 6.31. The van der Waals surface area contributed by atoms with Gasteiger partial charge >= 0.3 is 0 Å². The van der Waals surface area contributed by atoms with Crippen LogP contribution in [-0.2, 0) is 20.0 Å². The molecule has 0 unspecified atom stereocenters. The summed E-state index contributed by atoms with van der Waals surface area (Å²) in [7, 11) is 1.99. The van der Waals surface area contributed by atoms with Gasteiger partial charge in [-0.3, -0.25) is 4.68 Å². The van der Waals surface area contributed by atoms with Crippen LogP contribution in [0.1, 0.15) is 40.6 Å². The average molecular weight is 465 g/mol. The molecule has 0 aliphatic rings. The largest absolute Gasteiger partial charge is 0.354 e. The van der Waals surface area contributed by atoms with Gasteiger partial charge in [-0.05, 0) is 68.5 Å². The maximum atomic E-state index is 6.38. The highest BCUT2D eigenvalue weighted by Crippen LogP contribution is 2.38. The van der Waals surface area contributed by atoms with Crippen LogP contribution in [0, 0.1) is 27.7 Å². The van der Waals surface area contributed by atoms with Gasteiger partial charge in [0.1, 0.15) is 0 Å². The van der Waals surface area contributed by atoms with Crippen molar-refractivity contribution >= 4 is 28.6 Å². The summed E-state index contributed by atoms with van der Waals surface area (Å²) in [5.41, 5.74) is 17.2. The Kier molecular flexibility index (Phi) is 6.50. The van der Waals surface area contributed by atoms with Gasteiger partial charge in [-0.25, -0.2) is 4.98 Å². The second kappa shape index (κ2) is 9.20. The number of hydrogen-bond donors (Lipinski definition) is 2. The number of nitrogens with one attached hydrogen (secondary N) is 1. The van der Waals surface area contributed by atoms with Crippen LogP contribution in [0.15, 0.2) is 24.3 Å². The summed E-state index contributed by atoms with van der Waals surface area (Å²) in [6, 6.07) is 8.52. The Hall–Kier alpha value is -2.83. The van der Waals surface area contributed by atoms with Crippen LogP contribution in [0.2, 0.25) is 5.02 Å². The van der Waals surface area contributed by atoms with Gasteiger partial charge in [0.05, 0.1) is 23.3 Å². The standard InChI is InChI=1S/C26H33ClN6/c1-7-20-13-19(8-9-21(20)27)14-33-22-12-15(2)16(3)23(24-17(4)31-32(6)18(24)5)25(22)30-26(33)29-11-10-28/h8-9,12-13H,7,10-11,14,28H2,1-6H3,(H,29,30). The third-order valence-electron chi connectivity index (χ3n) is 6.58. The Bertz CT molecular complexity index is 1330. The minimum atomic E-state index is 0.538. The van der Waals surface area contributed by atoms with Crippen molar-refractivity contribution in [2.45, 2.75) is 47.6 Å². The van der Waals surface area contributed by atoms with E-state index in [9.17, 15) is 0 Å². The summed E-state index contributed by atoms with van der Waals surface area (Å²) in [5.74, 6) is 0.828. The van der Waals surface area contributed by atoms with Crippen LogP contribution in [0.25, 0.3) is 22.2 Å². The minimum absolute atomic E-state index is 0.538. The van der Waals surface area contributed by atoms with Gasteiger partial charge in [-0.15, -0.1) is 0 Å². The molecule has 4 rings (SSSR count). The van der Waals surface area contributed by atoms with Crippen LogP contribution in [0.5, 0.6) is 0 Å². The molecular weight excluding hydrogens is 432 g/mol. The number of rotatable bonds is 7. The van der Waals surface area contributed by atoms with Gasteiger partial charge in [0, 0.05) is 42.0 Å². The number of benzene rings is 2. The molecular formula is C26H33ClN6. The fraction of sp³-hybridized carbons (Fsp3) is 0.385. The molecule has 3 N–H and O–H groups in total. The zero-order valence-electron chi connectivity index (χ0n) is 20.4. The molecule has 0 atom stereocenters. The van der Waals surface area contributed by atoms with Crippen LogP contribution in [0.3, 0.4) is 0 Å². The molecule has 0 amide bonds. The number of aryl methyl sites for hydroxylation is 4. The third-order valence-corrected chi connectivity index (χ3v) is 6.95. The first kappa shape index (κ1) is 23.3. The Morgan fingerprint density at radius 1 is 1.09 bits per heavy atom. The van der Waals surface area contributed by atoms with Crippen molar-refractivity contribution in [2.24, 2.45) is 12.8 Å². The lowest BCUT2D eigenvalue weighted by Crippen LogP contribution is -2.16. The van der Waals surface area contributed by atoms with Gasteiger partial charge in [0.25, 0.3) is 0 Å². The van der Waals surface area contributed by atoms with Crippen LogP contribution in [0.4, 0.5) is 5.95 Å². The molecule has 4 aromatic rings. The monoisotopic (exact) mass is 464 g/mol. The number of halogens is 1. The smallest absolute Gasteiger partial charge is 0.204 e. The van der Waals surface area contributed by atoms with E-state index in [2.05, 4.69) is 67.8 Å². The van der Waals surface area contributed by atoms with Crippen molar-refractivity contribution in [3.63, 3.8) is 0 Å². The van der Waals surface area contributed by atoms with Crippen molar-refractivity contribution < 1.29 is 0 Å². The highest BCUT2D eigenvalue weighted by atomic mass is 35.5. The van der Waals surface area contributed by atoms with Gasteiger partial charge in [0.2, 0.25) is 5.95 Å². The normalized spacial score (nSPS) is 11.5. The molecule has 6 nitrogen and oxygen atoms in total. The third kappa shape index (κ3) is 4.13. The molecule has 7 heteroatoms. The molecule has 0 fully saturated rings. The number of fused-ring (bicyclic) bond motifs is 1. The Labute approximate surface area is 200 Å². The summed E-state index contributed by atoms with van der Waals surface area (Å²) in [4.78, 5) is 5.11. The number of aromatic nitrogens is 4. The fourth-order valence-electron chi connectivity index (χ4n) is 4.58. The predicted octanol–water partition coefficient (Wildman–Crippen LogP) is 5.31. The van der Waals surface area contributed by atoms with Gasteiger partial charge in [-0.2, -0.15) is 5.10 Å². The predicted molar refractivity (Wildman–Crippen MR) is 138 cm³/mol. The van der Waals surface area contributed by atoms with Gasteiger partial charge < -0.3 is 15.6 Å². The van der Waals surface area contributed by atoms with E-state index >= 15 is 0 Å². The molecule has 0 bridgehead atoms. The highest BCUT2D eigenvalue weighted by Gasteiger charge is 2.22. The fourth-order valence-corrected chi connectivity index (χ4v) is 4.84. The van der Waals surface area contributed by atoms with E-state index < -0.39 is 0 Å². The first-order valence-corrected chi connectivity index (χ1v) is 11.9. The molecule has 33 heavy (non-hydrogen) atoms. The van der Waals surface area contributed by atoms with Crippen molar-refractivity contribution in [3.05, 3.63) is 62.9 Å². The van der Waals surface area contributed by atoms with Crippen LogP contribution < -0.4 is 11.1 Å². The minimum Gasteiger partial charge on any atom is -0.354 e. The molecule has 0 saturated heterocycles. The summed E-state index contributed by atoms with van der Waals surface area (Å²) in [6.45, 7) is 12.5. The summed E-state index contributed by atoms with van der Waals surface area (Å²) >= 11 is 6.38. The Morgan fingerprint density at radius 3 is 2.48 bits per heavy atom. The molecule has 0 aliphatic carbocycles. The summed E-state index contributed by atoms with van der Waals surface area (Å²) < 4.78 is 4.20. The molecule has 2 heterocycles. The lowest BCUT2D eigenvalue weighted by molar-refractivity contribution is 0.731. The van der Waals surface area contributed by atoms with Gasteiger partial charge in [-0.1, -0.05) is 30.7 Å². The van der Waals surface area contributed by atoms with E-state index in [0.29, 0.717) is 19.6 Å². The molecule has 0 aliphatic heterocycles. The second-order valence-corrected chi connectivity index (χ2v) is 9.15. The van der Waals surface area contributed by atoms with Crippen LogP contribution in [-0.4, -0.2) is 32.4 Å². The lowest BCUT2D eigenvalue weighted by Gasteiger charge is -2.14. The van der Waals surface area contributed by atoms with E-state index in [-0.39, 0.29) is 0 Å². The zero-order chi connectivity index (χ0) is 23.9. The van der Waals surface area contributed by atoms with Crippen LogP contribution >= 0.6 is 11.6 Å². The van der Waals surface area contributed by atoms with Crippen molar-refractivity contribution in [1.29, 1.82) is 0 Å². The van der Waals surface area contributed by atoms with Crippen molar-refractivity contribution in [1.82, 2.24) is 19.3 Å². The number of nitrogens with two attached hydrogens (primary N) is 1. The second-order valence-electron chi connectivity index (χ2n) is 8.75. The van der Waals surface area contributed by atoms with E-state index in [1.165, 1.54) is 22.3 Å². The maximum absolute atomic E-state index is 6.38. The number of hydrogen-bond acceptors (Lipinski definition) is 4. The van der Waals surface area contributed by atoms with E-state index in [1.54, 1.807) is 0 Å². The van der Waals surface area contributed by atoms with E-state index in [0.717, 1.165) is 50.9 Å². The molecule has 0 radical (unpaired) electrons. The zero-order valence-corrected chi connectivity index (χ0v) is 21.1. The first-order valence-electron chi connectivity index (χ1n) is 11.5. The van der Waals surface area contributed by atoms with E-state index in [4.69, 9.17) is 22.3 Å². The molecule has 0 saturated carbocycles. The first-order chi connectivity index (χ1) is 15.8. The summed E-state index contributed by atoms with van der Waals surface area (Å²) in [6.07, 6.45) is 0.900. The SMILES string of the molecule is CCc1cc(Cn2c(NCCN)nc3c(-c4c(C)nn(C)c4C)c(C)c(C)cc32)ccc1Cl. The Morgan fingerprint density at radius 2 is 1.85 bits per heavy atom. The summed E-state index contributed by atoms with van der Waals surface area (Å²) in [5, 5.41) is 8.93. The lowest BCUT2D eigenvalue weighted by atomic mass is 9.94. The maximum Gasteiger partial charge on any atom is 0.204 e. The van der Waals surface area contributed by atoms with Crippen molar-refractivity contribution in [3.8, 4) is 11.1 Å². The average Bonchev–Trinajstić information content (AvgIpc) is 3.24. The number of imidazole rings is 1. The van der Waals surface area contributed by atoms with Crippen molar-refractivity contribution in [2.75, 3.05) is 18.4 Å². The number of nitrogens with zero attached hydrogens (tertiary/aromatic N) is 4. The Balaban J connectivity index is 1.97. The topological polar surface area (TPSA) is 73.7 Å². The van der Waals surface area contributed by atoms with E-state index in [1.807, 2.05) is 17.8 Å². The molecule has 2 aromatic carbocycles. The molecule has 2 aromatic heterocycles. The molecule has 0 spiro atoms. The quantitative estimate of drug-likeness (QED) is 0.389. The number of anilines is 1. The molecule has 174 valence electrons.